The molecule has 2 aromatic heterocycles. The molecular formula is C19H28F3N5OS. The van der Waals surface area contributed by atoms with Crippen LogP contribution in [0.15, 0.2) is 34.9 Å². The first-order chi connectivity index (χ1) is 13.7. The summed E-state index contributed by atoms with van der Waals surface area (Å²) in [5.74, 6) is 0.289. The van der Waals surface area contributed by atoms with Crippen LogP contribution in [0.1, 0.15) is 31.0 Å². The number of aryl methyl sites for hydroxylation is 1. The minimum Gasteiger partial charge on any atom is -0.374 e. The minimum absolute atomic E-state index is 0.117. The zero-order valence-corrected chi connectivity index (χ0v) is 17.6. The van der Waals surface area contributed by atoms with Gasteiger partial charge in [-0.3, -0.25) is 4.99 Å². The number of nitrogens with one attached hydrogen (secondary N) is 2. The van der Waals surface area contributed by atoms with Crippen LogP contribution in [0.2, 0.25) is 0 Å². The van der Waals surface area contributed by atoms with E-state index in [0.717, 1.165) is 6.42 Å². The second-order valence-corrected chi connectivity index (χ2v) is 8.04. The second kappa shape index (κ2) is 10.1. The van der Waals surface area contributed by atoms with Crippen molar-refractivity contribution in [1.29, 1.82) is 0 Å². The molecule has 2 rings (SSSR count). The lowest BCUT2D eigenvalue weighted by molar-refractivity contribution is -0.272. The molecule has 162 valence electrons. The summed E-state index contributed by atoms with van der Waals surface area (Å²) in [4.78, 5) is 9.45. The summed E-state index contributed by atoms with van der Waals surface area (Å²) in [5.41, 5.74) is -3.04. The molecule has 0 bridgehead atoms. The Bertz CT molecular complexity index is 775. The van der Waals surface area contributed by atoms with Gasteiger partial charge < -0.3 is 20.3 Å². The number of nitrogens with zero attached hydrogens (tertiary/aromatic N) is 3. The first kappa shape index (κ1) is 23.2. The van der Waals surface area contributed by atoms with Gasteiger partial charge in [-0.25, -0.2) is 4.98 Å². The quantitative estimate of drug-likeness (QED) is 0.421. The Hall–Kier alpha value is -2.07. The van der Waals surface area contributed by atoms with E-state index in [9.17, 15) is 18.3 Å². The van der Waals surface area contributed by atoms with Crippen molar-refractivity contribution in [3.8, 4) is 0 Å². The number of hydrogen-bond donors (Lipinski definition) is 3. The van der Waals surface area contributed by atoms with Gasteiger partial charge in [0, 0.05) is 50.4 Å². The molecule has 3 N–H and O–H groups in total. The van der Waals surface area contributed by atoms with Crippen LogP contribution >= 0.6 is 11.3 Å². The van der Waals surface area contributed by atoms with Gasteiger partial charge >= 0.3 is 6.18 Å². The summed E-state index contributed by atoms with van der Waals surface area (Å²) in [6.07, 6.45) is -1.93. The molecular weight excluding hydrogens is 403 g/mol. The van der Waals surface area contributed by atoms with Crippen molar-refractivity contribution in [2.75, 3.05) is 19.6 Å². The van der Waals surface area contributed by atoms with Crippen molar-refractivity contribution in [1.82, 2.24) is 20.2 Å². The molecule has 0 radical (unpaired) electrons. The fourth-order valence-corrected chi connectivity index (χ4v) is 3.80. The van der Waals surface area contributed by atoms with Gasteiger partial charge in [0.2, 0.25) is 5.60 Å². The van der Waals surface area contributed by atoms with Gasteiger partial charge in [-0.05, 0) is 30.7 Å². The summed E-state index contributed by atoms with van der Waals surface area (Å²) in [7, 11) is 1.42. The number of alkyl halides is 3. The van der Waals surface area contributed by atoms with Crippen LogP contribution in [0.3, 0.4) is 0 Å². The van der Waals surface area contributed by atoms with Gasteiger partial charge in [-0.1, -0.05) is 13.0 Å². The first-order valence-electron chi connectivity index (χ1n) is 9.48. The van der Waals surface area contributed by atoms with Crippen molar-refractivity contribution in [3.05, 3.63) is 40.6 Å². The molecule has 0 spiro atoms. The van der Waals surface area contributed by atoms with Gasteiger partial charge in [0.1, 0.15) is 5.82 Å². The zero-order valence-electron chi connectivity index (χ0n) is 16.8. The molecule has 0 saturated carbocycles. The maximum absolute atomic E-state index is 13.6. The number of rotatable bonds is 9. The van der Waals surface area contributed by atoms with Gasteiger partial charge in [0.05, 0.1) is 0 Å². The molecule has 0 aromatic carbocycles. The van der Waals surface area contributed by atoms with E-state index in [1.54, 1.807) is 11.3 Å². The van der Waals surface area contributed by atoms with E-state index >= 15 is 0 Å². The fourth-order valence-electron chi connectivity index (χ4n) is 2.93. The summed E-state index contributed by atoms with van der Waals surface area (Å²) in [6, 6.07) is 4.08. The van der Waals surface area contributed by atoms with E-state index < -0.39 is 24.0 Å². The van der Waals surface area contributed by atoms with Crippen LogP contribution in [0.25, 0.3) is 0 Å². The van der Waals surface area contributed by atoms with Crippen molar-refractivity contribution >= 4 is 17.3 Å². The molecule has 2 heterocycles. The fraction of sp³-hybridized carbons (Fsp3) is 0.579. The highest BCUT2D eigenvalue weighted by molar-refractivity contribution is 7.09. The highest BCUT2D eigenvalue weighted by atomic mass is 32.1. The number of aliphatic hydroxyl groups is 1. The normalized spacial score (nSPS) is 15.8. The monoisotopic (exact) mass is 431 g/mol. The Labute approximate surface area is 172 Å². The molecule has 0 fully saturated rings. The third kappa shape index (κ3) is 6.20. The predicted octanol–water partition coefficient (Wildman–Crippen LogP) is 3.06. The highest BCUT2D eigenvalue weighted by Crippen LogP contribution is 2.40. The number of imidazole rings is 1. The SMILES string of the molecule is CCNC(=NCC(C)Cc1cccs1)NCCC(O)(c1nccn1C)C(F)(F)F. The minimum atomic E-state index is -4.85. The number of guanidine groups is 1. The Balaban J connectivity index is 1.98. The Morgan fingerprint density at radius 2 is 2.14 bits per heavy atom. The van der Waals surface area contributed by atoms with Gasteiger partial charge in [-0.2, -0.15) is 13.2 Å². The molecule has 0 saturated heterocycles. The smallest absolute Gasteiger partial charge is 0.374 e. The largest absolute Gasteiger partial charge is 0.424 e. The lowest BCUT2D eigenvalue weighted by Gasteiger charge is -2.30. The maximum atomic E-state index is 13.6. The van der Waals surface area contributed by atoms with E-state index in [2.05, 4.69) is 33.6 Å². The summed E-state index contributed by atoms with van der Waals surface area (Å²) >= 11 is 1.69. The molecule has 29 heavy (non-hydrogen) atoms. The third-order valence-corrected chi connectivity index (χ3v) is 5.37. The molecule has 0 aliphatic heterocycles. The predicted molar refractivity (Wildman–Crippen MR) is 109 cm³/mol. The van der Waals surface area contributed by atoms with Gasteiger partial charge in [-0.15, -0.1) is 11.3 Å². The van der Waals surface area contributed by atoms with E-state index in [1.807, 2.05) is 18.4 Å². The molecule has 2 atom stereocenters. The lowest BCUT2D eigenvalue weighted by atomic mass is 9.97. The molecule has 2 aromatic rings. The standard InChI is InChI=1S/C19H28F3N5OS/c1-4-23-17(26-13-14(2)12-15-6-5-11-29-15)25-8-7-18(28,19(20,21)22)16-24-9-10-27(16)3/h5-6,9-11,14,28H,4,7-8,12-13H2,1-3H3,(H2,23,25,26). The average Bonchev–Trinajstić information content (AvgIpc) is 3.30. The Morgan fingerprint density at radius 1 is 1.38 bits per heavy atom. The summed E-state index contributed by atoms with van der Waals surface area (Å²) < 4.78 is 41.9. The molecule has 0 aliphatic carbocycles. The highest BCUT2D eigenvalue weighted by Gasteiger charge is 2.57. The van der Waals surface area contributed by atoms with Crippen LogP contribution in [0.5, 0.6) is 0 Å². The van der Waals surface area contributed by atoms with Crippen LogP contribution in [0, 0.1) is 5.92 Å². The summed E-state index contributed by atoms with van der Waals surface area (Å²) in [5, 5.41) is 18.3. The molecule has 0 aliphatic rings. The van der Waals surface area contributed by atoms with E-state index in [4.69, 9.17) is 0 Å². The molecule has 2 unspecified atom stereocenters. The van der Waals surface area contributed by atoms with E-state index in [0.29, 0.717) is 25.0 Å². The lowest BCUT2D eigenvalue weighted by Crippen LogP contribution is -2.48. The average molecular weight is 432 g/mol. The Morgan fingerprint density at radius 3 is 2.69 bits per heavy atom. The third-order valence-electron chi connectivity index (χ3n) is 4.47. The van der Waals surface area contributed by atoms with Crippen LogP contribution in [-0.2, 0) is 19.1 Å². The second-order valence-electron chi connectivity index (χ2n) is 7.00. The first-order valence-corrected chi connectivity index (χ1v) is 10.4. The van der Waals surface area contributed by atoms with Crippen LogP contribution in [0.4, 0.5) is 13.2 Å². The van der Waals surface area contributed by atoms with Crippen molar-refractivity contribution in [2.45, 2.75) is 38.5 Å². The Kier molecular flexibility index (Phi) is 8.09. The molecule has 6 nitrogen and oxygen atoms in total. The topological polar surface area (TPSA) is 74.5 Å². The van der Waals surface area contributed by atoms with E-state index in [1.165, 1.54) is 28.9 Å². The van der Waals surface area contributed by atoms with Crippen molar-refractivity contribution in [2.24, 2.45) is 18.0 Å². The maximum Gasteiger partial charge on any atom is 0.424 e. The molecule has 0 amide bonds. The number of hydrogen-bond acceptors (Lipinski definition) is 4. The number of halogens is 3. The molecule has 10 heteroatoms. The van der Waals surface area contributed by atoms with Gasteiger partial charge in [0.15, 0.2) is 5.96 Å². The van der Waals surface area contributed by atoms with Crippen molar-refractivity contribution in [3.63, 3.8) is 0 Å². The van der Waals surface area contributed by atoms with Crippen LogP contribution in [-0.4, -0.2) is 46.4 Å². The number of aliphatic imine (C=N–C) groups is 1. The number of thiophene rings is 1. The zero-order chi connectivity index (χ0) is 21.5. The number of aromatic nitrogens is 2. The van der Waals surface area contributed by atoms with Gasteiger partial charge in [0.25, 0.3) is 0 Å². The van der Waals surface area contributed by atoms with E-state index in [-0.39, 0.29) is 6.54 Å². The summed E-state index contributed by atoms with van der Waals surface area (Å²) in [6.45, 7) is 4.96. The van der Waals surface area contributed by atoms with Crippen LogP contribution < -0.4 is 10.6 Å². The van der Waals surface area contributed by atoms with Crippen molar-refractivity contribution < 1.29 is 18.3 Å².